The van der Waals surface area contributed by atoms with E-state index in [2.05, 4.69) is 58.7 Å². The molecule has 3 atom stereocenters. The van der Waals surface area contributed by atoms with E-state index in [0.717, 1.165) is 18.5 Å². The molecule has 0 aromatic carbocycles. The fourth-order valence-electron chi connectivity index (χ4n) is 4.09. The van der Waals surface area contributed by atoms with Crippen molar-refractivity contribution in [3.8, 4) is 0 Å². The fraction of sp³-hybridized carbons (Fsp3) is 1.00. The van der Waals surface area contributed by atoms with Gasteiger partial charge in [0.25, 0.3) is 0 Å². The van der Waals surface area contributed by atoms with Crippen molar-refractivity contribution in [2.45, 2.75) is 85.9 Å². The summed E-state index contributed by atoms with van der Waals surface area (Å²) in [6.45, 7) is 19.2. The molecular formula is C18H36N2. The van der Waals surface area contributed by atoms with E-state index >= 15 is 0 Å². The summed E-state index contributed by atoms with van der Waals surface area (Å²) in [4.78, 5) is 2.87. The smallest absolute Gasteiger partial charge is 0.0247 e. The van der Waals surface area contributed by atoms with Gasteiger partial charge in [-0.15, -0.1) is 0 Å². The lowest BCUT2D eigenvalue weighted by Gasteiger charge is -2.49. The third-order valence-electron chi connectivity index (χ3n) is 5.62. The number of piperazine rings is 1. The van der Waals surface area contributed by atoms with Gasteiger partial charge in [0.2, 0.25) is 0 Å². The first kappa shape index (κ1) is 16.3. The van der Waals surface area contributed by atoms with Gasteiger partial charge < -0.3 is 5.32 Å². The van der Waals surface area contributed by atoms with Crippen LogP contribution in [0.1, 0.15) is 67.7 Å². The Labute approximate surface area is 126 Å². The molecule has 2 fully saturated rings. The van der Waals surface area contributed by atoms with Crippen LogP contribution in [-0.2, 0) is 0 Å². The van der Waals surface area contributed by atoms with E-state index in [9.17, 15) is 0 Å². The largest absolute Gasteiger partial charge is 0.311 e. The summed E-state index contributed by atoms with van der Waals surface area (Å²) in [5.41, 5.74) is 0.905. The van der Waals surface area contributed by atoms with Crippen LogP contribution in [0.3, 0.4) is 0 Å². The molecule has 1 saturated heterocycles. The van der Waals surface area contributed by atoms with Gasteiger partial charge >= 0.3 is 0 Å². The quantitative estimate of drug-likeness (QED) is 0.825. The second-order valence-corrected chi connectivity index (χ2v) is 9.40. The van der Waals surface area contributed by atoms with Crippen molar-refractivity contribution in [3.63, 3.8) is 0 Å². The second kappa shape index (κ2) is 5.61. The third kappa shape index (κ3) is 3.57. The summed E-state index contributed by atoms with van der Waals surface area (Å²) < 4.78 is 0. The molecule has 0 bridgehead atoms. The van der Waals surface area contributed by atoms with Crippen molar-refractivity contribution in [2.24, 2.45) is 16.7 Å². The zero-order valence-electron chi connectivity index (χ0n) is 14.8. The molecule has 1 heterocycles. The maximum Gasteiger partial charge on any atom is 0.0247 e. The predicted octanol–water partition coefficient (Wildman–Crippen LogP) is 3.91. The van der Waals surface area contributed by atoms with Crippen molar-refractivity contribution in [1.29, 1.82) is 0 Å². The number of nitrogens with zero attached hydrogens (tertiary/aromatic N) is 1. The van der Waals surface area contributed by atoms with E-state index in [1.807, 2.05) is 0 Å². The van der Waals surface area contributed by atoms with Crippen molar-refractivity contribution in [2.75, 3.05) is 13.1 Å². The SMILES string of the molecule is CC(C)C1CNC(C(C)(C)C)CN1C1CCC(C)(C)C1. The fourth-order valence-corrected chi connectivity index (χ4v) is 4.09. The average Bonchev–Trinajstić information content (AvgIpc) is 2.67. The predicted molar refractivity (Wildman–Crippen MR) is 88.0 cm³/mol. The molecule has 0 amide bonds. The first-order valence-corrected chi connectivity index (χ1v) is 8.59. The Kier molecular flexibility index (Phi) is 4.57. The van der Waals surface area contributed by atoms with E-state index in [0.29, 0.717) is 22.9 Å². The van der Waals surface area contributed by atoms with Gasteiger partial charge in [-0.3, -0.25) is 4.90 Å². The van der Waals surface area contributed by atoms with E-state index < -0.39 is 0 Å². The molecule has 118 valence electrons. The standard InChI is InChI=1S/C18H36N2/c1-13(2)15-11-19-16(17(3,4)5)12-20(15)14-8-9-18(6,7)10-14/h13-16,19H,8-12H2,1-7H3. The van der Waals surface area contributed by atoms with Crippen LogP contribution in [0.2, 0.25) is 0 Å². The van der Waals surface area contributed by atoms with E-state index in [4.69, 9.17) is 0 Å². The Morgan fingerprint density at radius 1 is 1.20 bits per heavy atom. The molecule has 1 aliphatic carbocycles. The molecule has 3 unspecified atom stereocenters. The van der Waals surface area contributed by atoms with Gasteiger partial charge in [-0.25, -0.2) is 0 Å². The maximum atomic E-state index is 3.82. The van der Waals surface area contributed by atoms with Crippen LogP contribution in [0, 0.1) is 16.7 Å². The average molecular weight is 280 g/mol. The second-order valence-electron chi connectivity index (χ2n) is 9.40. The van der Waals surface area contributed by atoms with Gasteiger partial charge in [0.15, 0.2) is 0 Å². The van der Waals surface area contributed by atoms with Gasteiger partial charge in [0, 0.05) is 31.2 Å². The summed E-state index contributed by atoms with van der Waals surface area (Å²) in [6.07, 6.45) is 4.17. The lowest BCUT2D eigenvalue weighted by atomic mass is 9.82. The highest BCUT2D eigenvalue weighted by molar-refractivity contribution is 4.98. The van der Waals surface area contributed by atoms with Crippen molar-refractivity contribution >= 4 is 0 Å². The van der Waals surface area contributed by atoms with Gasteiger partial charge in [0.05, 0.1) is 0 Å². The Morgan fingerprint density at radius 2 is 1.85 bits per heavy atom. The van der Waals surface area contributed by atoms with Crippen LogP contribution in [0.4, 0.5) is 0 Å². The highest BCUT2D eigenvalue weighted by Crippen LogP contribution is 2.41. The number of hydrogen-bond acceptors (Lipinski definition) is 2. The molecule has 2 rings (SSSR count). The molecule has 0 spiro atoms. The van der Waals surface area contributed by atoms with E-state index in [1.165, 1.54) is 25.8 Å². The molecule has 2 nitrogen and oxygen atoms in total. The molecule has 0 radical (unpaired) electrons. The van der Waals surface area contributed by atoms with Crippen molar-refractivity contribution in [3.05, 3.63) is 0 Å². The summed E-state index contributed by atoms with van der Waals surface area (Å²) in [7, 11) is 0. The summed E-state index contributed by atoms with van der Waals surface area (Å²) >= 11 is 0. The molecule has 1 saturated carbocycles. The maximum absolute atomic E-state index is 3.82. The Hall–Kier alpha value is -0.0800. The van der Waals surface area contributed by atoms with Crippen LogP contribution >= 0.6 is 0 Å². The minimum absolute atomic E-state index is 0.355. The van der Waals surface area contributed by atoms with Gasteiger partial charge in [-0.1, -0.05) is 48.5 Å². The lowest BCUT2D eigenvalue weighted by molar-refractivity contribution is 0.0278. The van der Waals surface area contributed by atoms with Gasteiger partial charge in [0.1, 0.15) is 0 Å². The number of rotatable bonds is 2. The summed E-state index contributed by atoms with van der Waals surface area (Å²) in [5, 5.41) is 3.82. The lowest BCUT2D eigenvalue weighted by Crippen LogP contribution is -2.63. The van der Waals surface area contributed by atoms with Crippen molar-refractivity contribution in [1.82, 2.24) is 10.2 Å². The monoisotopic (exact) mass is 280 g/mol. The zero-order chi connectivity index (χ0) is 15.1. The molecule has 1 N–H and O–H groups in total. The minimum Gasteiger partial charge on any atom is -0.311 e. The molecule has 2 heteroatoms. The summed E-state index contributed by atoms with van der Waals surface area (Å²) in [5.74, 6) is 0.743. The Balaban J connectivity index is 2.12. The normalized spacial score (nSPS) is 35.7. The van der Waals surface area contributed by atoms with Gasteiger partial charge in [-0.2, -0.15) is 0 Å². The van der Waals surface area contributed by atoms with E-state index in [1.54, 1.807) is 0 Å². The molecular weight excluding hydrogens is 244 g/mol. The minimum atomic E-state index is 0.355. The highest BCUT2D eigenvalue weighted by atomic mass is 15.3. The first-order valence-electron chi connectivity index (χ1n) is 8.59. The van der Waals surface area contributed by atoms with Crippen LogP contribution in [0.25, 0.3) is 0 Å². The number of hydrogen-bond donors (Lipinski definition) is 1. The van der Waals surface area contributed by atoms with Crippen LogP contribution < -0.4 is 5.32 Å². The summed E-state index contributed by atoms with van der Waals surface area (Å²) in [6, 6.07) is 2.15. The molecule has 20 heavy (non-hydrogen) atoms. The molecule has 0 aromatic heterocycles. The zero-order valence-corrected chi connectivity index (χ0v) is 14.8. The Morgan fingerprint density at radius 3 is 2.30 bits per heavy atom. The van der Waals surface area contributed by atoms with Crippen LogP contribution in [-0.4, -0.2) is 36.1 Å². The molecule has 2 aliphatic rings. The third-order valence-corrected chi connectivity index (χ3v) is 5.62. The van der Waals surface area contributed by atoms with E-state index in [-0.39, 0.29) is 0 Å². The number of nitrogens with one attached hydrogen (secondary N) is 1. The molecule has 1 aliphatic heterocycles. The topological polar surface area (TPSA) is 15.3 Å². The Bertz CT molecular complexity index is 327. The van der Waals surface area contributed by atoms with Crippen molar-refractivity contribution < 1.29 is 0 Å². The first-order chi connectivity index (χ1) is 9.10. The molecule has 0 aromatic rings. The van der Waals surface area contributed by atoms with Gasteiger partial charge in [-0.05, 0) is 36.0 Å². The highest BCUT2D eigenvalue weighted by Gasteiger charge is 2.42. The van der Waals surface area contributed by atoms with Crippen LogP contribution in [0.5, 0.6) is 0 Å². The van der Waals surface area contributed by atoms with Crippen LogP contribution in [0.15, 0.2) is 0 Å².